The van der Waals surface area contributed by atoms with Crippen LogP contribution in [-0.2, 0) is 16.0 Å². The van der Waals surface area contributed by atoms with Crippen molar-refractivity contribution in [3.05, 3.63) is 59.9 Å². The highest BCUT2D eigenvalue weighted by Gasteiger charge is 2.15. The number of carbonyl (C=O) groups is 2. The fraction of sp³-hybridized carbons (Fsp3) is 0.333. The highest BCUT2D eigenvalue weighted by atomic mass is 19.1. The van der Waals surface area contributed by atoms with E-state index in [9.17, 15) is 14.0 Å². The first-order valence-electron chi connectivity index (χ1n) is 9.38. The van der Waals surface area contributed by atoms with Crippen molar-refractivity contribution in [3.63, 3.8) is 0 Å². The van der Waals surface area contributed by atoms with Gasteiger partial charge in [-0.1, -0.05) is 12.1 Å². The molecule has 1 heterocycles. The van der Waals surface area contributed by atoms with Crippen molar-refractivity contribution in [2.75, 3.05) is 50.0 Å². The molecule has 0 spiro atoms. The smallest absolute Gasteiger partial charge is 0.313 e. The topological polar surface area (TPSA) is 64.7 Å². The van der Waals surface area contributed by atoms with Crippen LogP contribution in [0, 0.1) is 5.82 Å². The number of hydrogen-bond acceptors (Lipinski definition) is 4. The van der Waals surface area contributed by atoms with Gasteiger partial charge in [0.1, 0.15) is 5.82 Å². The van der Waals surface area contributed by atoms with Gasteiger partial charge in [-0.2, -0.15) is 0 Å². The summed E-state index contributed by atoms with van der Waals surface area (Å²) in [6.45, 7) is 4.30. The summed E-state index contributed by atoms with van der Waals surface area (Å²) in [5.41, 5.74) is 2.58. The zero-order valence-electron chi connectivity index (χ0n) is 16.0. The van der Waals surface area contributed by atoms with Gasteiger partial charge < -0.3 is 20.4 Å². The number of likely N-dealkylation sites (N-methyl/N-ethyl adjacent to an activating group) is 1. The lowest BCUT2D eigenvalue weighted by Crippen LogP contribution is -2.44. The van der Waals surface area contributed by atoms with Crippen LogP contribution < -0.4 is 15.5 Å². The van der Waals surface area contributed by atoms with Crippen LogP contribution in [0.3, 0.4) is 0 Å². The molecular formula is C21H25FN4O2. The van der Waals surface area contributed by atoms with Crippen LogP contribution in [0.25, 0.3) is 0 Å². The molecule has 2 aromatic carbocycles. The quantitative estimate of drug-likeness (QED) is 0.773. The number of anilines is 2. The van der Waals surface area contributed by atoms with E-state index in [0.29, 0.717) is 18.7 Å². The van der Waals surface area contributed by atoms with Gasteiger partial charge in [-0.15, -0.1) is 0 Å². The maximum Gasteiger partial charge on any atom is 0.313 e. The molecule has 6 nitrogen and oxygen atoms in total. The Balaban J connectivity index is 1.44. The normalized spacial score (nSPS) is 14.6. The van der Waals surface area contributed by atoms with Crippen molar-refractivity contribution in [2.45, 2.75) is 6.42 Å². The third kappa shape index (κ3) is 5.53. The van der Waals surface area contributed by atoms with Gasteiger partial charge in [-0.3, -0.25) is 9.59 Å². The fourth-order valence-corrected chi connectivity index (χ4v) is 3.06. The first-order valence-corrected chi connectivity index (χ1v) is 9.38. The van der Waals surface area contributed by atoms with Crippen LogP contribution in [0.1, 0.15) is 5.56 Å². The van der Waals surface area contributed by atoms with E-state index in [0.717, 1.165) is 37.4 Å². The maximum absolute atomic E-state index is 12.9. The third-order valence-electron chi connectivity index (χ3n) is 4.81. The number of rotatable bonds is 5. The number of nitrogens with zero attached hydrogens (tertiary/aromatic N) is 2. The summed E-state index contributed by atoms with van der Waals surface area (Å²) in [6, 6.07) is 13.6. The lowest BCUT2D eigenvalue weighted by atomic mass is 10.1. The molecule has 1 aliphatic heterocycles. The van der Waals surface area contributed by atoms with E-state index >= 15 is 0 Å². The van der Waals surface area contributed by atoms with Crippen LogP contribution in [0.4, 0.5) is 15.8 Å². The van der Waals surface area contributed by atoms with Crippen molar-refractivity contribution in [2.24, 2.45) is 0 Å². The Kier molecular flexibility index (Phi) is 6.60. The highest BCUT2D eigenvalue weighted by Crippen LogP contribution is 2.19. The van der Waals surface area contributed by atoms with E-state index in [1.807, 2.05) is 12.1 Å². The molecule has 148 valence electrons. The van der Waals surface area contributed by atoms with Crippen molar-refractivity contribution in [1.29, 1.82) is 0 Å². The molecule has 7 heteroatoms. The minimum Gasteiger partial charge on any atom is -0.369 e. The Morgan fingerprint density at radius 2 is 1.57 bits per heavy atom. The van der Waals surface area contributed by atoms with Crippen molar-refractivity contribution < 1.29 is 14.0 Å². The molecule has 0 saturated carbocycles. The predicted octanol–water partition coefficient (Wildman–Crippen LogP) is 1.87. The number of amides is 2. The molecule has 0 radical (unpaired) electrons. The standard InChI is InChI=1S/C21H25FN4O2/c1-25-12-14-26(15-13-25)19-8-6-18(7-9-19)24-21(28)20(27)23-11-10-16-2-4-17(22)5-3-16/h2-9H,10-15H2,1H3,(H,23,27)(H,24,28). The van der Waals surface area contributed by atoms with Gasteiger partial charge in [0, 0.05) is 44.1 Å². The van der Waals surface area contributed by atoms with Gasteiger partial charge in [0.2, 0.25) is 0 Å². The molecule has 0 bridgehead atoms. The minimum atomic E-state index is -0.702. The second-order valence-electron chi connectivity index (χ2n) is 6.92. The summed E-state index contributed by atoms with van der Waals surface area (Å²) in [5.74, 6) is -1.69. The van der Waals surface area contributed by atoms with Crippen molar-refractivity contribution in [1.82, 2.24) is 10.2 Å². The maximum atomic E-state index is 12.9. The molecule has 0 atom stereocenters. The molecule has 1 aliphatic rings. The summed E-state index contributed by atoms with van der Waals surface area (Å²) < 4.78 is 12.9. The monoisotopic (exact) mass is 384 g/mol. The van der Waals surface area contributed by atoms with Gasteiger partial charge in [0.25, 0.3) is 0 Å². The van der Waals surface area contributed by atoms with Gasteiger partial charge in [-0.25, -0.2) is 4.39 Å². The summed E-state index contributed by atoms with van der Waals surface area (Å²) in [7, 11) is 2.11. The molecule has 1 fully saturated rings. The van der Waals surface area contributed by atoms with E-state index in [1.54, 1.807) is 24.3 Å². The Hall–Kier alpha value is -2.93. The first kappa shape index (κ1) is 19.8. The molecule has 1 saturated heterocycles. The summed E-state index contributed by atoms with van der Waals surface area (Å²) in [4.78, 5) is 28.6. The van der Waals surface area contributed by atoms with Crippen LogP contribution in [0.15, 0.2) is 48.5 Å². The van der Waals surface area contributed by atoms with Gasteiger partial charge in [0.05, 0.1) is 0 Å². The van der Waals surface area contributed by atoms with E-state index in [1.165, 1.54) is 12.1 Å². The molecule has 0 aromatic heterocycles. The minimum absolute atomic E-state index is 0.300. The van der Waals surface area contributed by atoms with E-state index < -0.39 is 11.8 Å². The third-order valence-corrected chi connectivity index (χ3v) is 4.81. The Bertz CT molecular complexity index is 800. The van der Waals surface area contributed by atoms with E-state index in [2.05, 4.69) is 27.5 Å². The van der Waals surface area contributed by atoms with Crippen LogP contribution in [-0.4, -0.2) is 56.5 Å². The summed E-state index contributed by atoms with van der Waals surface area (Å²) in [6.07, 6.45) is 0.527. The second kappa shape index (κ2) is 9.32. The highest BCUT2D eigenvalue weighted by molar-refractivity contribution is 6.39. The lowest BCUT2D eigenvalue weighted by Gasteiger charge is -2.34. The number of halogens is 1. The second-order valence-corrected chi connectivity index (χ2v) is 6.92. The molecule has 3 rings (SSSR count). The van der Waals surface area contributed by atoms with Gasteiger partial charge in [-0.05, 0) is 55.4 Å². The molecule has 2 N–H and O–H groups in total. The zero-order valence-corrected chi connectivity index (χ0v) is 16.0. The number of piperazine rings is 1. The number of nitrogens with one attached hydrogen (secondary N) is 2. The summed E-state index contributed by atoms with van der Waals surface area (Å²) >= 11 is 0. The number of hydrogen-bond donors (Lipinski definition) is 2. The largest absolute Gasteiger partial charge is 0.369 e. The Morgan fingerprint density at radius 3 is 2.21 bits per heavy atom. The van der Waals surface area contributed by atoms with Gasteiger partial charge >= 0.3 is 11.8 Å². The average molecular weight is 384 g/mol. The van der Waals surface area contributed by atoms with Crippen LogP contribution in [0.5, 0.6) is 0 Å². The van der Waals surface area contributed by atoms with Gasteiger partial charge in [0.15, 0.2) is 0 Å². The molecule has 0 aliphatic carbocycles. The van der Waals surface area contributed by atoms with Crippen molar-refractivity contribution >= 4 is 23.2 Å². The SMILES string of the molecule is CN1CCN(c2ccc(NC(=O)C(=O)NCCc3ccc(F)cc3)cc2)CC1. The van der Waals surface area contributed by atoms with Crippen LogP contribution in [0.2, 0.25) is 0 Å². The summed E-state index contributed by atoms with van der Waals surface area (Å²) in [5, 5.41) is 5.18. The number of benzene rings is 2. The fourth-order valence-electron chi connectivity index (χ4n) is 3.06. The Morgan fingerprint density at radius 1 is 0.929 bits per heavy atom. The van der Waals surface area contributed by atoms with Crippen molar-refractivity contribution in [3.8, 4) is 0 Å². The average Bonchev–Trinajstić information content (AvgIpc) is 2.70. The Labute approximate surface area is 164 Å². The number of carbonyl (C=O) groups excluding carboxylic acids is 2. The molecule has 2 aromatic rings. The molecule has 0 unspecified atom stereocenters. The lowest BCUT2D eigenvalue weighted by molar-refractivity contribution is -0.136. The molecule has 28 heavy (non-hydrogen) atoms. The van der Waals surface area contributed by atoms with Crippen LogP contribution >= 0.6 is 0 Å². The molecular weight excluding hydrogens is 359 g/mol. The first-order chi connectivity index (χ1) is 13.5. The molecule has 2 amide bonds. The zero-order chi connectivity index (χ0) is 19.9. The predicted molar refractivity (Wildman–Crippen MR) is 108 cm³/mol. The van der Waals surface area contributed by atoms with E-state index in [4.69, 9.17) is 0 Å². The van der Waals surface area contributed by atoms with E-state index in [-0.39, 0.29) is 5.82 Å².